The van der Waals surface area contributed by atoms with Crippen molar-refractivity contribution in [1.29, 1.82) is 0 Å². The predicted molar refractivity (Wildman–Crippen MR) is 116 cm³/mol. The van der Waals surface area contributed by atoms with Crippen molar-refractivity contribution < 1.29 is 26.8 Å². The van der Waals surface area contributed by atoms with Crippen molar-refractivity contribution in [3.05, 3.63) is 41.6 Å². The zero-order valence-electron chi connectivity index (χ0n) is 17.1. The molecule has 0 aliphatic carbocycles. The molecule has 1 saturated heterocycles. The highest BCUT2D eigenvalue weighted by atomic mass is 35.5. The zero-order chi connectivity index (χ0) is 20.2. The Bertz CT molecular complexity index is 875. The van der Waals surface area contributed by atoms with Gasteiger partial charge in [0.05, 0.1) is 47.8 Å². The first-order chi connectivity index (χ1) is 14.2. The smallest absolute Gasteiger partial charge is 0.309 e. The Hall–Kier alpha value is -1.47. The van der Waals surface area contributed by atoms with Gasteiger partial charge in [0.25, 0.3) is 0 Å². The molecule has 5 nitrogen and oxygen atoms in total. The lowest BCUT2D eigenvalue weighted by Crippen LogP contribution is -3.13. The molecule has 8 heteroatoms. The van der Waals surface area contributed by atoms with E-state index in [0.717, 1.165) is 56.2 Å². The fourth-order valence-corrected chi connectivity index (χ4v) is 5.50. The third-order valence-corrected chi connectivity index (χ3v) is 6.95. The van der Waals surface area contributed by atoms with Gasteiger partial charge in [-0.15, -0.1) is 0 Å². The topological polar surface area (TPSA) is 46.9 Å². The minimum atomic E-state index is -0.0182. The highest BCUT2D eigenvalue weighted by molar-refractivity contribution is 7.99. The molecular formula is C22H27Cl2N3O2S. The van der Waals surface area contributed by atoms with Crippen LogP contribution in [0.5, 0.6) is 0 Å². The maximum Gasteiger partial charge on any atom is 0.309 e. The number of likely N-dealkylation sites (tertiary alicyclic amines) is 1. The second kappa shape index (κ2) is 10.7. The molecule has 0 spiro atoms. The molecule has 162 valence electrons. The molecule has 2 aromatic rings. The van der Waals surface area contributed by atoms with Crippen LogP contribution >= 0.6 is 23.4 Å². The third kappa shape index (κ3) is 5.22. The maximum absolute atomic E-state index is 11.9. The molecule has 1 aromatic carbocycles. The van der Waals surface area contributed by atoms with Gasteiger partial charge in [-0.25, -0.2) is 4.98 Å². The molecule has 0 unspecified atom stereocenters. The Morgan fingerprint density at radius 1 is 1.30 bits per heavy atom. The van der Waals surface area contributed by atoms with Gasteiger partial charge >= 0.3 is 5.97 Å². The van der Waals surface area contributed by atoms with Gasteiger partial charge in [0, 0.05) is 36.9 Å². The van der Waals surface area contributed by atoms with E-state index in [1.54, 1.807) is 22.9 Å². The van der Waals surface area contributed by atoms with Crippen LogP contribution in [0.15, 0.2) is 46.3 Å². The third-order valence-electron chi connectivity index (χ3n) is 5.66. The van der Waals surface area contributed by atoms with Crippen LogP contribution in [0.2, 0.25) is 5.02 Å². The van der Waals surface area contributed by atoms with Gasteiger partial charge in [-0.2, -0.15) is 0 Å². The average Bonchev–Trinajstić information content (AvgIpc) is 2.73. The first kappa shape index (κ1) is 23.2. The van der Waals surface area contributed by atoms with Crippen LogP contribution in [-0.2, 0) is 9.53 Å². The number of aromatic nitrogens is 1. The lowest BCUT2D eigenvalue weighted by atomic mass is 9.97. The monoisotopic (exact) mass is 467 g/mol. The number of halogens is 2. The van der Waals surface area contributed by atoms with E-state index in [-0.39, 0.29) is 24.3 Å². The van der Waals surface area contributed by atoms with Crippen LogP contribution in [-0.4, -0.2) is 43.7 Å². The predicted octanol–water partition coefficient (Wildman–Crippen LogP) is 0.590. The number of hydrogen-bond donors (Lipinski definition) is 1. The molecule has 0 radical (unpaired) electrons. The minimum absolute atomic E-state index is 0. The summed E-state index contributed by atoms with van der Waals surface area (Å²) in [6, 6.07) is 10.5. The van der Waals surface area contributed by atoms with E-state index < -0.39 is 0 Å². The van der Waals surface area contributed by atoms with Gasteiger partial charge in [-0.1, -0.05) is 35.5 Å². The Morgan fingerprint density at radius 2 is 2.07 bits per heavy atom. The molecule has 2 aliphatic rings. The molecule has 0 bridgehead atoms. The van der Waals surface area contributed by atoms with Gasteiger partial charge in [0.1, 0.15) is 5.82 Å². The van der Waals surface area contributed by atoms with Crippen LogP contribution in [0.1, 0.15) is 26.2 Å². The van der Waals surface area contributed by atoms with E-state index in [4.69, 9.17) is 16.3 Å². The molecule has 0 amide bonds. The summed E-state index contributed by atoms with van der Waals surface area (Å²) in [5, 5.41) is 0.671. The number of ether oxygens (including phenoxy) is 1. The zero-order valence-corrected chi connectivity index (χ0v) is 19.4. The summed E-state index contributed by atoms with van der Waals surface area (Å²) in [7, 11) is 0. The van der Waals surface area contributed by atoms with Crippen LogP contribution in [0.4, 0.5) is 11.5 Å². The van der Waals surface area contributed by atoms with Crippen molar-refractivity contribution in [3.8, 4) is 0 Å². The van der Waals surface area contributed by atoms with E-state index in [0.29, 0.717) is 11.6 Å². The molecule has 0 atom stereocenters. The van der Waals surface area contributed by atoms with E-state index in [9.17, 15) is 4.79 Å². The number of piperidine rings is 1. The Morgan fingerprint density at radius 3 is 2.83 bits per heavy atom. The second-order valence-corrected chi connectivity index (χ2v) is 9.10. The van der Waals surface area contributed by atoms with Crippen molar-refractivity contribution in [3.63, 3.8) is 0 Å². The number of quaternary nitrogens is 1. The van der Waals surface area contributed by atoms with E-state index >= 15 is 0 Å². The maximum atomic E-state index is 11.9. The standard InChI is InChI=1S/C22H26ClN3O2S.ClH/c1-2-28-22(27)16-8-12-25(13-9-16)10-5-11-26-18-6-3-4-7-19(18)29-20-14-17(23)15-24-21(20)26;/h3-4,6-7,14-16H,2,5,8-13H2,1H3;1H. The van der Waals surface area contributed by atoms with Crippen molar-refractivity contribution >= 4 is 40.8 Å². The largest absolute Gasteiger partial charge is 1.00 e. The quantitative estimate of drug-likeness (QED) is 0.630. The first-order valence-corrected chi connectivity index (χ1v) is 11.6. The van der Waals surface area contributed by atoms with Crippen LogP contribution in [0.25, 0.3) is 0 Å². The van der Waals surface area contributed by atoms with Crippen molar-refractivity contribution in [2.75, 3.05) is 37.7 Å². The molecule has 4 rings (SSSR count). The van der Waals surface area contributed by atoms with E-state index in [1.165, 1.54) is 10.6 Å². The number of nitrogens with zero attached hydrogens (tertiary/aromatic N) is 2. The summed E-state index contributed by atoms with van der Waals surface area (Å²) in [6.45, 7) is 6.45. The average molecular weight is 468 g/mol. The van der Waals surface area contributed by atoms with E-state index in [2.05, 4.69) is 34.1 Å². The van der Waals surface area contributed by atoms with E-state index in [1.807, 2.05) is 13.0 Å². The summed E-state index contributed by atoms with van der Waals surface area (Å²) in [6.07, 6.45) is 4.66. The lowest BCUT2D eigenvalue weighted by molar-refractivity contribution is -0.905. The molecule has 30 heavy (non-hydrogen) atoms. The van der Waals surface area contributed by atoms with Crippen LogP contribution < -0.4 is 22.2 Å². The Balaban J connectivity index is 0.00000256. The number of benzene rings is 1. The Kier molecular flexibility index (Phi) is 8.28. The summed E-state index contributed by atoms with van der Waals surface area (Å²) >= 11 is 7.91. The van der Waals surface area contributed by atoms with Gasteiger partial charge in [-0.05, 0) is 25.1 Å². The number of carbonyl (C=O) groups is 1. The number of nitrogens with one attached hydrogen (secondary N) is 1. The number of esters is 1. The second-order valence-electron chi connectivity index (χ2n) is 7.58. The highest BCUT2D eigenvalue weighted by Gasteiger charge is 2.29. The summed E-state index contributed by atoms with van der Waals surface area (Å²) in [4.78, 5) is 22.8. The van der Waals surface area contributed by atoms with Crippen molar-refractivity contribution in [2.24, 2.45) is 5.92 Å². The molecule has 3 heterocycles. The first-order valence-electron chi connectivity index (χ1n) is 10.4. The van der Waals surface area contributed by atoms with Gasteiger partial charge < -0.3 is 26.9 Å². The number of anilines is 2. The number of fused-ring (bicyclic) bond motifs is 2. The number of rotatable bonds is 6. The number of pyridine rings is 1. The molecule has 1 aromatic heterocycles. The molecule has 1 N–H and O–H groups in total. The number of para-hydroxylation sites is 1. The highest BCUT2D eigenvalue weighted by Crippen LogP contribution is 2.47. The van der Waals surface area contributed by atoms with Crippen LogP contribution in [0, 0.1) is 5.92 Å². The summed E-state index contributed by atoms with van der Waals surface area (Å²) < 4.78 is 5.18. The molecule has 1 fully saturated rings. The molecular weight excluding hydrogens is 441 g/mol. The minimum Gasteiger partial charge on any atom is -1.00 e. The van der Waals surface area contributed by atoms with Crippen LogP contribution in [0.3, 0.4) is 0 Å². The fourth-order valence-electron chi connectivity index (χ4n) is 4.18. The van der Waals surface area contributed by atoms with Crippen molar-refractivity contribution in [1.82, 2.24) is 4.98 Å². The fraction of sp³-hybridized carbons (Fsp3) is 0.455. The number of hydrogen-bond acceptors (Lipinski definition) is 5. The summed E-state index contributed by atoms with van der Waals surface area (Å²) in [5.74, 6) is 1.06. The van der Waals surface area contributed by atoms with Gasteiger partial charge in [0.2, 0.25) is 0 Å². The number of carbonyl (C=O) groups excluding carboxylic acids is 1. The molecule has 2 aliphatic heterocycles. The van der Waals surface area contributed by atoms with Crippen molar-refractivity contribution in [2.45, 2.75) is 36.0 Å². The lowest BCUT2D eigenvalue weighted by Gasteiger charge is -2.32. The summed E-state index contributed by atoms with van der Waals surface area (Å²) in [5.41, 5.74) is 1.22. The Labute approximate surface area is 193 Å². The normalized spacial score (nSPS) is 20.0. The SMILES string of the molecule is CCOC(=O)C1CC[NH+](CCCN2c3ccccc3Sc3cc(Cl)cnc32)CC1.[Cl-]. The van der Waals surface area contributed by atoms with Gasteiger partial charge in [-0.3, -0.25) is 4.79 Å². The van der Waals surface area contributed by atoms with Gasteiger partial charge in [0.15, 0.2) is 0 Å². The molecule has 0 saturated carbocycles.